The second kappa shape index (κ2) is 5.78. The summed E-state index contributed by atoms with van der Waals surface area (Å²) in [5.41, 5.74) is 2.10. The van der Waals surface area contributed by atoms with Crippen molar-refractivity contribution in [1.29, 1.82) is 0 Å². The lowest BCUT2D eigenvalue weighted by Crippen LogP contribution is -1.98. The van der Waals surface area contributed by atoms with Gasteiger partial charge in [0.2, 0.25) is 5.78 Å². The van der Waals surface area contributed by atoms with E-state index in [4.69, 9.17) is 0 Å². The normalized spacial score (nSPS) is 10.4. The van der Waals surface area contributed by atoms with Gasteiger partial charge in [-0.05, 0) is 29.9 Å². The number of carbonyl (C=O) groups excluding carboxylic acids is 1. The Morgan fingerprint density at radius 3 is 2.53 bits per heavy atom. The van der Waals surface area contributed by atoms with E-state index in [1.54, 1.807) is 0 Å². The van der Waals surface area contributed by atoms with Crippen LogP contribution in [0.3, 0.4) is 0 Å². The summed E-state index contributed by atoms with van der Waals surface area (Å²) >= 11 is 1.49. The molecular weight excluding hydrogens is 228 g/mol. The summed E-state index contributed by atoms with van der Waals surface area (Å²) in [7, 11) is 0. The van der Waals surface area contributed by atoms with Crippen molar-refractivity contribution in [3.05, 3.63) is 57.8 Å². The van der Waals surface area contributed by atoms with Crippen LogP contribution in [0.2, 0.25) is 0 Å². The zero-order valence-corrected chi connectivity index (χ0v) is 10.8. The minimum Gasteiger partial charge on any atom is -0.288 e. The number of thiophene rings is 1. The van der Waals surface area contributed by atoms with E-state index in [0.717, 1.165) is 16.9 Å². The van der Waals surface area contributed by atoms with Crippen LogP contribution >= 0.6 is 11.3 Å². The Hall–Kier alpha value is -1.41. The summed E-state index contributed by atoms with van der Waals surface area (Å²) in [6, 6.07) is 11.8. The summed E-state index contributed by atoms with van der Waals surface area (Å²) in [5.74, 6) is 0.127. The number of hydrogen-bond acceptors (Lipinski definition) is 2. The van der Waals surface area contributed by atoms with E-state index in [1.807, 2.05) is 29.6 Å². The van der Waals surface area contributed by atoms with Gasteiger partial charge in [0.1, 0.15) is 0 Å². The van der Waals surface area contributed by atoms with Gasteiger partial charge in [-0.15, -0.1) is 11.3 Å². The molecule has 0 atom stereocenters. The molecule has 2 heteroatoms. The highest BCUT2D eigenvalue weighted by molar-refractivity contribution is 7.12. The fourth-order valence-electron chi connectivity index (χ4n) is 1.75. The van der Waals surface area contributed by atoms with Crippen molar-refractivity contribution < 1.29 is 4.79 Å². The third-order valence-corrected chi connectivity index (χ3v) is 3.65. The molecule has 0 saturated heterocycles. The molecule has 0 aliphatic carbocycles. The van der Waals surface area contributed by atoms with Crippen LogP contribution < -0.4 is 0 Å². The predicted octanol–water partition coefficient (Wildman–Crippen LogP) is 4.32. The van der Waals surface area contributed by atoms with Crippen LogP contribution in [0.4, 0.5) is 0 Å². The molecule has 2 rings (SSSR count). The molecule has 1 heterocycles. The fourth-order valence-corrected chi connectivity index (χ4v) is 2.44. The first kappa shape index (κ1) is 12.1. The lowest BCUT2D eigenvalue weighted by Gasteiger charge is -2.02. The van der Waals surface area contributed by atoms with E-state index < -0.39 is 0 Å². The quantitative estimate of drug-likeness (QED) is 0.716. The monoisotopic (exact) mass is 244 g/mol. The minimum atomic E-state index is 0.127. The van der Waals surface area contributed by atoms with Crippen LogP contribution in [0.5, 0.6) is 0 Å². The molecule has 0 radical (unpaired) electrons. The van der Waals surface area contributed by atoms with Crippen molar-refractivity contribution in [3.63, 3.8) is 0 Å². The highest BCUT2D eigenvalue weighted by Gasteiger charge is 2.09. The number of ketones is 1. The molecule has 1 aromatic heterocycles. The van der Waals surface area contributed by atoms with E-state index in [0.29, 0.717) is 0 Å². The number of aryl methyl sites for hydroxylation is 1. The highest BCUT2D eigenvalue weighted by atomic mass is 32.1. The first-order valence-corrected chi connectivity index (χ1v) is 6.86. The van der Waals surface area contributed by atoms with Gasteiger partial charge in [-0.1, -0.05) is 43.7 Å². The highest BCUT2D eigenvalue weighted by Crippen LogP contribution is 2.16. The Labute approximate surface area is 106 Å². The molecule has 0 bridgehead atoms. The molecule has 88 valence electrons. The molecular formula is C15H16OS. The van der Waals surface area contributed by atoms with Crippen molar-refractivity contribution in [2.75, 3.05) is 0 Å². The summed E-state index contributed by atoms with van der Waals surface area (Å²) in [6.07, 6.45) is 3.51. The second-order valence-electron chi connectivity index (χ2n) is 4.11. The molecule has 0 fully saturated rings. The predicted molar refractivity (Wildman–Crippen MR) is 72.8 cm³/mol. The Balaban J connectivity index is 2.10. The summed E-state index contributed by atoms with van der Waals surface area (Å²) < 4.78 is 0. The van der Waals surface area contributed by atoms with Crippen LogP contribution in [0.1, 0.15) is 40.6 Å². The zero-order chi connectivity index (χ0) is 12.1. The van der Waals surface area contributed by atoms with Crippen LogP contribution in [-0.4, -0.2) is 5.78 Å². The molecule has 17 heavy (non-hydrogen) atoms. The van der Waals surface area contributed by atoms with Crippen LogP contribution in [0, 0.1) is 0 Å². The van der Waals surface area contributed by atoms with Crippen molar-refractivity contribution in [2.45, 2.75) is 26.2 Å². The van der Waals surface area contributed by atoms with Crippen molar-refractivity contribution in [1.82, 2.24) is 0 Å². The van der Waals surface area contributed by atoms with Gasteiger partial charge in [0, 0.05) is 5.56 Å². The van der Waals surface area contributed by atoms with Gasteiger partial charge >= 0.3 is 0 Å². The van der Waals surface area contributed by atoms with E-state index in [-0.39, 0.29) is 5.78 Å². The lowest BCUT2D eigenvalue weighted by molar-refractivity contribution is 0.104. The van der Waals surface area contributed by atoms with E-state index in [9.17, 15) is 4.79 Å². The molecule has 1 aromatic carbocycles. The molecule has 2 aromatic rings. The van der Waals surface area contributed by atoms with Gasteiger partial charge in [-0.3, -0.25) is 4.79 Å². The number of hydrogen-bond donors (Lipinski definition) is 0. The number of rotatable bonds is 5. The number of benzene rings is 1. The van der Waals surface area contributed by atoms with Crippen LogP contribution in [0.25, 0.3) is 0 Å². The minimum absolute atomic E-state index is 0.127. The van der Waals surface area contributed by atoms with Crippen LogP contribution in [-0.2, 0) is 6.42 Å². The topological polar surface area (TPSA) is 17.1 Å². The fraction of sp³-hybridized carbons (Fsp3) is 0.267. The zero-order valence-electron chi connectivity index (χ0n) is 9.98. The van der Waals surface area contributed by atoms with Gasteiger partial charge in [0.25, 0.3) is 0 Å². The van der Waals surface area contributed by atoms with Gasteiger partial charge < -0.3 is 0 Å². The summed E-state index contributed by atoms with van der Waals surface area (Å²) in [5, 5.41) is 1.93. The number of carbonyl (C=O) groups is 1. The molecule has 0 unspecified atom stereocenters. The maximum absolute atomic E-state index is 12.0. The van der Waals surface area contributed by atoms with Crippen molar-refractivity contribution >= 4 is 17.1 Å². The van der Waals surface area contributed by atoms with Crippen molar-refractivity contribution in [3.8, 4) is 0 Å². The van der Waals surface area contributed by atoms with E-state index in [2.05, 4.69) is 19.1 Å². The van der Waals surface area contributed by atoms with E-state index in [1.165, 1.54) is 29.7 Å². The molecule has 0 N–H and O–H groups in total. The first-order chi connectivity index (χ1) is 8.31. The third kappa shape index (κ3) is 3.04. The van der Waals surface area contributed by atoms with Crippen molar-refractivity contribution in [2.24, 2.45) is 0 Å². The molecule has 0 saturated carbocycles. The van der Waals surface area contributed by atoms with E-state index >= 15 is 0 Å². The Bertz CT molecular complexity index is 468. The first-order valence-electron chi connectivity index (χ1n) is 5.98. The van der Waals surface area contributed by atoms with Gasteiger partial charge in [-0.2, -0.15) is 0 Å². The maximum atomic E-state index is 12.0. The van der Waals surface area contributed by atoms with Gasteiger partial charge in [-0.25, -0.2) is 0 Å². The van der Waals surface area contributed by atoms with Gasteiger partial charge in [0.05, 0.1) is 4.88 Å². The Morgan fingerprint density at radius 2 is 1.94 bits per heavy atom. The van der Waals surface area contributed by atoms with Gasteiger partial charge in [0.15, 0.2) is 0 Å². The molecule has 0 aliphatic heterocycles. The smallest absolute Gasteiger partial charge is 0.202 e. The molecule has 0 spiro atoms. The van der Waals surface area contributed by atoms with Crippen LogP contribution in [0.15, 0.2) is 41.8 Å². The Morgan fingerprint density at radius 1 is 1.18 bits per heavy atom. The largest absolute Gasteiger partial charge is 0.288 e. The lowest BCUT2D eigenvalue weighted by atomic mass is 10.0. The maximum Gasteiger partial charge on any atom is 0.202 e. The average Bonchev–Trinajstić information content (AvgIpc) is 2.90. The summed E-state index contributed by atoms with van der Waals surface area (Å²) in [4.78, 5) is 12.9. The third-order valence-electron chi connectivity index (χ3n) is 2.78. The molecule has 1 nitrogen and oxygen atoms in total. The molecule has 0 aliphatic rings. The molecule has 0 amide bonds. The Kier molecular flexibility index (Phi) is 4.10. The number of unbranched alkanes of at least 4 members (excludes halogenated alkanes) is 1. The average molecular weight is 244 g/mol. The standard InChI is InChI=1S/C15H16OS/c1-2-3-5-12-7-9-13(10-8-12)15(16)14-6-4-11-17-14/h4,6-11H,2-3,5H2,1H3. The summed E-state index contributed by atoms with van der Waals surface area (Å²) in [6.45, 7) is 2.19. The second-order valence-corrected chi connectivity index (χ2v) is 5.05. The SMILES string of the molecule is CCCCc1ccc(C(=O)c2cccs2)cc1.